The van der Waals surface area contributed by atoms with E-state index < -0.39 is 0 Å². The van der Waals surface area contributed by atoms with Gasteiger partial charge in [-0.15, -0.1) is 11.3 Å². The van der Waals surface area contributed by atoms with Crippen molar-refractivity contribution >= 4 is 17.2 Å². The number of thiazole rings is 1. The highest BCUT2D eigenvalue weighted by Gasteiger charge is 2.22. The molecule has 1 N–H and O–H groups in total. The highest BCUT2D eigenvalue weighted by molar-refractivity contribution is 7.13. The van der Waals surface area contributed by atoms with Crippen LogP contribution >= 0.6 is 11.3 Å². The van der Waals surface area contributed by atoms with E-state index in [4.69, 9.17) is 9.47 Å². The van der Waals surface area contributed by atoms with Crippen LogP contribution in [0, 0.1) is 19.8 Å². The molecule has 122 valence electrons. The minimum Gasteiger partial charge on any atom is -0.497 e. The van der Waals surface area contributed by atoms with Gasteiger partial charge in [0.2, 0.25) is 0 Å². The van der Waals surface area contributed by atoms with Crippen molar-refractivity contribution in [2.45, 2.75) is 20.3 Å². The van der Waals surface area contributed by atoms with Crippen LogP contribution in [0.4, 0.5) is 0 Å². The molecule has 0 radical (unpaired) electrons. The molecule has 1 unspecified atom stereocenters. The van der Waals surface area contributed by atoms with Gasteiger partial charge in [-0.2, -0.15) is 0 Å². The van der Waals surface area contributed by atoms with Crippen LogP contribution in [-0.4, -0.2) is 31.2 Å². The molecule has 0 spiro atoms. The quantitative estimate of drug-likeness (QED) is 0.935. The fourth-order valence-corrected chi connectivity index (χ4v) is 3.57. The van der Waals surface area contributed by atoms with Gasteiger partial charge in [0.15, 0.2) is 0 Å². The largest absolute Gasteiger partial charge is 0.497 e. The molecule has 0 saturated carbocycles. The maximum atomic E-state index is 12.3. The number of fused-ring (bicyclic) bond motifs is 1. The number of carbonyl (C=O) groups excluding carboxylic acids is 1. The molecule has 0 saturated heterocycles. The van der Waals surface area contributed by atoms with Crippen LogP contribution in [-0.2, 0) is 6.42 Å². The minimum absolute atomic E-state index is 0.0476. The summed E-state index contributed by atoms with van der Waals surface area (Å²) >= 11 is 1.43. The van der Waals surface area contributed by atoms with E-state index in [0.717, 1.165) is 34.2 Å². The standard InChI is InChI=1S/C17H20N2O3S/c1-10-16(23-11(2)19-10)17(20)18-8-12-6-13-4-5-14(21-3)7-15(13)22-9-12/h4-5,7,12H,6,8-9H2,1-3H3,(H,18,20). The number of nitrogens with one attached hydrogen (secondary N) is 1. The summed E-state index contributed by atoms with van der Waals surface area (Å²) in [5.41, 5.74) is 1.95. The van der Waals surface area contributed by atoms with Crippen molar-refractivity contribution in [3.63, 3.8) is 0 Å². The number of hydrogen-bond donors (Lipinski definition) is 1. The zero-order valence-corrected chi connectivity index (χ0v) is 14.3. The van der Waals surface area contributed by atoms with E-state index in [1.54, 1.807) is 7.11 Å². The van der Waals surface area contributed by atoms with Crippen LogP contribution in [0.15, 0.2) is 18.2 Å². The third-order valence-corrected chi connectivity index (χ3v) is 4.99. The molecular formula is C17H20N2O3S. The zero-order valence-electron chi connectivity index (χ0n) is 13.5. The number of rotatable bonds is 4. The van der Waals surface area contributed by atoms with Crippen molar-refractivity contribution in [1.82, 2.24) is 10.3 Å². The van der Waals surface area contributed by atoms with Gasteiger partial charge in [-0.1, -0.05) is 6.07 Å². The van der Waals surface area contributed by atoms with E-state index in [1.165, 1.54) is 11.3 Å². The van der Waals surface area contributed by atoms with Gasteiger partial charge in [-0.25, -0.2) is 4.98 Å². The van der Waals surface area contributed by atoms with Crippen molar-refractivity contribution in [2.24, 2.45) is 5.92 Å². The van der Waals surface area contributed by atoms with Gasteiger partial charge in [0.05, 0.1) is 24.4 Å². The molecule has 0 fully saturated rings. The number of amides is 1. The van der Waals surface area contributed by atoms with Crippen LogP contribution in [0.5, 0.6) is 11.5 Å². The topological polar surface area (TPSA) is 60.5 Å². The number of benzene rings is 1. The zero-order chi connectivity index (χ0) is 16.4. The van der Waals surface area contributed by atoms with Crippen molar-refractivity contribution in [1.29, 1.82) is 0 Å². The number of aromatic nitrogens is 1. The minimum atomic E-state index is -0.0476. The summed E-state index contributed by atoms with van der Waals surface area (Å²) in [6.07, 6.45) is 0.889. The Morgan fingerprint density at radius 3 is 3.00 bits per heavy atom. The smallest absolute Gasteiger partial charge is 0.263 e. The lowest BCUT2D eigenvalue weighted by atomic mass is 9.96. The molecule has 23 heavy (non-hydrogen) atoms. The van der Waals surface area contributed by atoms with E-state index in [9.17, 15) is 4.79 Å². The molecule has 5 nitrogen and oxygen atoms in total. The van der Waals surface area contributed by atoms with Gasteiger partial charge in [-0.05, 0) is 31.9 Å². The van der Waals surface area contributed by atoms with E-state index in [0.29, 0.717) is 18.0 Å². The van der Waals surface area contributed by atoms with E-state index in [2.05, 4.69) is 10.3 Å². The third-order valence-electron chi connectivity index (χ3n) is 3.92. The number of nitrogens with zero attached hydrogens (tertiary/aromatic N) is 1. The Bertz CT molecular complexity index is 727. The predicted octanol–water partition coefficient (Wildman–Crippen LogP) is 2.75. The molecule has 2 heterocycles. The molecule has 1 amide bonds. The van der Waals surface area contributed by atoms with Crippen LogP contribution in [0.2, 0.25) is 0 Å². The first-order chi connectivity index (χ1) is 11.1. The molecule has 0 bridgehead atoms. The average Bonchev–Trinajstić information content (AvgIpc) is 2.90. The molecule has 0 aliphatic carbocycles. The lowest BCUT2D eigenvalue weighted by Crippen LogP contribution is -2.34. The summed E-state index contributed by atoms with van der Waals surface area (Å²) in [6.45, 7) is 4.97. The van der Waals surface area contributed by atoms with Gasteiger partial charge in [0.25, 0.3) is 5.91 Å². The molecule has 6 heteroatoms. The monoisotopic (exact) mass is 332 g/mol. The van der Waals surface area contributed by atoms with Gasteiger partial charge in [0.1, 0.15) is 16.4 Å². The fraction of sp³-hybridized carbons (Fsp3) is 0.412. The SMILES string of the molecule is COc1ccc2c(c1)OCC(CNC(=O)c1sc(C)nc1C)C2. The Balaban J connectivity index is 1.59. The first kappa shape index (κ1) is 15.8. The van der Waals surface area contributed by atoms with Gasteiger partial charge >= 0.3 is 0 Å². The van der Waals surface area contributed by atoms with Gasteiger partial charge < -0.3 is 14.8 Å². The molecule has 3 rings (SSSR count). The maximum Gasteiger partial charge on any atom is 0.263 e. The van der Waals surface area contributed by atoms with Crippen molar-refractivity contribution in [3.8, 4) is 11.5 Å². The molecule has 1 aromatic carbocycles. The number of ether oxygens (including phenoxy) is 2. The summed E-state index contributed by atoms with van der Waals surface area (Å²) in [7, 11) is 1.64. The number of methoxy groups -OCH3 is 1. The summed E-state index contributed by atoms with van der Waals surface area (Å²) < 4.78 is 11.0. The Labute approximate surface area is 139 Å². The highest BCUT2D eigenvalue weighted by Crippen LogP contribution is 2.30. The average molecular weight is 332 g/mol. The molecule has 2 aromatic rings. The second-order valence-corrected chi connectivity index (χ2v) is 6.92. The second-order valence-electron chi connectivity index (χ2n) is 5.71. The maximum absolute atomic E-state index is 12.3. The first-order valence-corrected chi connectivity index (χ1v) is 8.40. The summed E-state index contributed by atoms with van der Waals surface area (Å²) in [4.78, 5) is 17.2. The number of carbonyl (C=O) groups is 1. The molecular weight excluding hydrogens is 312 g/mol. The molecule has 1 atom stereocenters. The Morgan fingerprint density at radius 2 is 2.30 bits per heavy atom. The summed E-state index contributed by atoms with van der Waals surface area (Å²) in [5.74, 6) is 1.90. The summed E-state index contributed by atoms with van der Waals surface area (Å²) in [5, 5.41) is 3.92. The lowest BCUT2D eigenvalue weighted by molar-refractivity contribution is 0.0942. The predicted molar refractivity (Wildman–Crippen MR) is 89.6 cm³/mol. The summed E-state index contributed by atoms with van der Waals surface area (Å²) in [6, 6.07) is 5.87. The molecule has 1 aliphatic rings. The van der Waals surface area contributed by atoms with Crippen molar-refractivity contribution in [2.75, 3.05) is 20.3 Å². The van der Waals surface area contributed by atoms with Crippen LogP contribution in [0.1, 0.15) is 25.9 Å². The van der Waals surface area contributed by atoms with Crippen LogP contribution in [0.3, 0.4) is 0 Å². The first-order valence-electron chi connectivity index (χ1n) is 7.58. The van der Waals surface area contributed by atoms with E-state index >= 15 is 0 Å². The number of hydrogen-bond acceptors (Lipinski definition) is 5. The van der Waals surface area contributed by atoms with Crippen molar-refractivity contribution < 1.29 is 14.3 Å². The van der Waals surface area contributed by atoms with Gasteiger partial charge in [-0.3, -0.25) is 4.79 Å². The Morgan fingerprint density at radius 1 is 1.48 bits per heavy atom. The van der Waals surface area contributed by atoms with E-state index in [1.807, 2.05) is 32.0 Å². The Hall–Kier alpha value is -2.08. The second kappa shape index (κ2) is 6.58. The third kappa shape index (κ3) is 3.47. The van der Waals surface area contributed by atoms with E-state index in [-0.39, 0.29) is 11.8 Å². The molecule has 1 aromatic heterocycles. The highest BCUT2D eigenvalue weighted by atomic mass is 32.1. The van der Waals surface area contributed by atoms with Gasteiger partial charge in [0, 0.05) is 18.5 Å². The molecule has 1 aliphatic heterocycles. The fourth-order valence-electron chi connectivity index (χ4n) is 2.73. The van der Waals surface area contributed by atoms with Crippen LogP contribution < -0.4 is 14.8 Å². The Kier molecular flexibility index (Phi) is 4.52. The van der Waals surface area contributed by atoms with Crippen LogP contribution in [0.25, 0.3) is 0 Å². The normalized spacial score (nSPS) is 16.4. The van der Waals surface area contributed by atoms with Crippen molar-refractivity contribution in [3.05, 3.63) is 39.3 Å². The number of aryl methyl sites for hydroxylation is 2. The lowest BCUT2D eigenvalue weighted by Gasteiger charge is -2.25.